The number of nitrogens with zero attached hydrogens (tertiary/aromatic N) is 3. The molecule has 3 N–H and O–H groups in total. The van der Waals surface area contributed by atoms with Gasteiger partial charge in [-0.2, -0.15) is 0 Å². The van der Waals surface area contributed by atoms with Crippen molar-refractivity contribution in [2.45, 2.75) is 33.4 Å². The number of aryl methyl sites for hydroxylation is 1. The Hall–Kier alpha value is -2.12. The van der Waals surface area contributed by atoms with Crippen LogP contribution in [0.5, 0.6) is 0 Å². The Morgan fingerprint density at radius 1 is 1.47 bits per heavy atom. The van der Waals surface area contributed by atoms with Crippen LogP contribution in [0.15, 0.2) is 6.33 Å². The molecule has 0 saturated carbocycles. The molecule has 0 aliphatic rings. The first-order valence-corrected chi connectivity index (χ1v) is 6.13. The van der Waals surface area contributed by atoms with Gasteiger partial charge in [0.1, 0.15) is 6.33 Å². The number of carboxylic acid groups (broad SMARTS) is 1. The molecule has 1 unspecified atom stereocenters. The molecule has 0 saturated heterocycles. The minimum Gasteiger partial charge on any atom is -0.481 e. The highest BCUT2D eigenvalue weighted by Crippen LogP contribution is 1.99. The fourth-order valence-corrected chi connectivity index (χ4v) is 1.54. The zero-order valence-electron chi connectivity index (χ0n) is 11.1. The zero-order valence-corrected chi connectivity index (χ0v) is 11.1. The Bertz CT molecular complexity index is 432. The normalized spacial score (nSPS) is 11.9. The second-order valence-corrected chi connectivity index (χ2v) is 4.30. The van der Waals surface area contributed by atoms with Gasteiger partial charge in [-0.1, -0.05) is 6.92 Å². The number of amides is 2. The van der Waals surface area contributed by atoms with Gasteiger partial charge in [0.15, 0.2) is 5.82 Å². The van der Waals surface area contributed by atoms with E-state index in [0.717, 1.165) is 6.54 Å². The van der Waals surface area contributed by atoms with E-state index in [1.807, 2.05) is 11.5 Å². The maximum Gasteiger partial charge on any atom is 0.315 e. The smallest absolute Gasteiger partial charge is 0.315 e. The molecule has 8 heteroatoms. The summed E-state index contributed by atoms with van der Waals surface area (Å²) in [6.07, 6.45) is 1.63. The molecule has 0 aromatic carbocycles. The number of hydrogen-bond donors (Lipinski definition) is 3. The van der Waals surface area contributed by atoms with Crippen LogP contribution in [-0.4, -0.2) is 38.4 Å². The summed E-state index contributed by atoms with van der Waals surface area (Å²) in [4.78, 5) is 22.0. The number of aromatic nitrogens is 3. The van der Waals surface area contributed by atoms with E-state index in [1.54, 1.807) is 13.3 Å². The number of hydrogen-bond acceptors (Lipinski definition) is 4. The van der Waals surface area contributed by atoms with Gasteiger partial charge in [0.2, 0.25) is 0 Å². The van der Waals surface area contributed by atoms with Gasteiger partial charge in [0, 0.05) is 19.5 Å². The van der Waals surface area contributed by atoms with Crippen molar-refractivity contribution in [2.24, 2.45) is 5.92 Å². The number of aliphatic carboxylic acids is 1. The first-order valence-electron chi connectivity index (χ1n) is 6.13. The molecular formula is C11H19N5O3. The number of carbonyl (C=O) groups excluding carboxylic acids is 1. The Balaban J connectivity index is 2.26. The van der Waals surface area contributed by atoms with Gasteiger partial charge in [0.25, 0.3) is 0 Å². The lowest BCUT2D eigenvalue weighted by Gasteiger charge is -2.11. The van der Waals surface area contributed by atoms with Crippen LogP contribution in [-0.2, 0) is 17.9 Å². The summed E-state index contributed by atoms with van der Waals surface area (Å²) in [5, 5.41) is 21.5. The Labute approximate surface area is 111 Å². The van der Waals surface area contributed by atoms with Gasteiger partial charge in [-0.3, -0.25) is 4.79 Å². The SMILES string of the molecule is CCn1cnnc1CNC(=O)NCC(C)CC(=O)O. The quantitative estimate of drug-likeness (QED) is 0.655. The predicted molar refractivity (Wildman–Crippen MR) is 67.4 cm³/mol. The lowest BCUT2D eigenvalue weighted by Crippen LogP contribution is -2.38. The highest BCUT2D eigenvalue weighted by atomic mass is 16.4. The summed E-state index contributed by atoms with van der Waals surface area (Å²) in [5.41, 5.74) is 0. The van der Waals surface area contributed by atoms with Gasteiger partial charge in [-0.15, -0.1) is 10.2 Å². The van der Waals surface area contributed by atoms with Crippen molar-refractivity contribution in [1.82, 2.24) is 25.4 Å². The third kappa shape index (κ3) is 5.36. The summed E-state index contributed by atoms with van der Waals surface area (Å²) >= 11 is 0. The van der Waals surface area contributed by atoms with Crippen LogP contribution in [0.4, 0.5) is 4.79 Å². The molecule has 19 heavy (non-hydrogen) atoms. The molecule has 1 rings (SSSR count). The van der Waals surface area contributed by atoms with Crippen LogP contribution >= 0.6 is 0 Å². The molecule has 0 aliphatic heterocycles. The number of carboxylic acids is 1. The second-order valence-electron chi connectivity index (χ2n) is 4.30. The molecule has 0 aliphatic carbocycles. The summed E-state index contributed by atoms with van der Waals surface area (Å²) in [6.45, 7) is 5.06. The van der Waals surface area contributed by atoms with Gasteiger partial charge in [-0.05, 0) is 12.8 Å². The van der Waals surface area contributed by atoms with E-state index in [-0.39, 0.29) is 24.9 Å². The standard InChI is InChI=1S/C11H19N5O3/c1-3-16-7-14-15-9(16)6-13-11(19)12-5-8(2)4-10(17)18/h7-8H,3-6H2,1-2H3,(H,17,18)(H2,12,13,19). The van der Waals surface area contributed by atoms with Gasteiger partial charge in [-0.25, -0.2) is 4.79 Å². The third-order valence-electron chi connectivity index (χ3n) is 2.58. The molecule has 1 aromatic rings. The lowest BCUT2D eigenvalue weighted by atomic mass is 10.1. The summed E-state index contributed by atoms with van der Waals surface area (Å²) < 4.78 is 1.83. The maximum absolute atomic E-state index is 11.5. The molecule has 0 fully saturated rings. The van der Waals surface area contributed by atoms with E-state index in [1.165, 1.54) is 0 Å². The summed E-state index contributed by atoms with van der Waals surface area (Å²) in [7, 11) is 0. The lowest BCUT2D eigenvalue weighted by molar-refractivity contribution is -0.137. The first kappa shape index (κ1) is 14.9. The van der Waals surface area contributed by atoms with Crippen LogP contribution in [0.25, 0.3) is 0 Å². The molecule has 0 spiro atoms. The monoisotopic (exact) mass is 269 g/mol. The Morgan fingerprint density at radius 2 is 2.21 bits per heavy atom. The topological polar surface area (TPSA) is 109 Å². The average molecular weight is 269 g/mol. The minimum atomic E-state index is -0.870. The highest BCUT2D eigenvalue weighted by Gasteiger charge is 2.10. The number of carbonyl (C=O) groups is 2. The molecule has 1 heterocycles. The van der Waals surface area contributed by atoms with Crippen molar-refractivity contribution in [3.63, 3.8) is 0 Å². The molecule has 0 radical (unpaired) electrons. The summed E-state index contributed by atoms with van der Waals surface area (Å²) in [5.74, 6) is -0.301. The average Bonchev–Trinajstić information content (AvgIpc) is 2.80. The molecular weight excluding hydrogens is 250 g/mol. The van der Waals surface area contributed by atoms with Crippen LogP contribution < -0.4 is 10.6 Å². The van der Waals surface area contributed by atoms with E-state index in [4.69, 9.17) is 5.11 Å². The van der Waals surface area contributed by atoms with E-state index < -0.39 is 5.97 Å². The van der Waals surface area contributed by atoms with Crippen molar-refractivity contribution >= 4 is 12.0 Å². The number of urea groups is 1. The largest absolute Gasteiger partial charge is 0.481 e. The zero-order chi connectivity index (χ0) is 14.3. The molecule has 106 valence electrons. The summed E-state index contributed by atoms with van der Waals surface area (Å²) in [6, 6.07) is -0.345. The van der Waals surface area contributed by atoms with Crippen molar-refractivity contribution in [2.75, 3.05) is 6.54 Å². The number of rotatable bonds is 7. The van der Waals surface area contributed by atoms with Crippen LogP contribution in [0.2, 0.25) is 0 Å². The van der Waals surface area contributed by atoms with E-state index in [2.05, 4.69) is 20.8 Å². The van der Waals surface area contributed by atoms with Crippen LogP contribution in [0.1, 0.15) is 26.1 Å². The Morgan fingerprint density at radius 3 is 2.84 bits per heavy atom. The molecule has 8 nitrogen and oxygen atoms in total. The van der Waals surface area contributed by atoms with Crippen molar-refractivity contribution < 1.29 is 14.7 Å². The second kappa shape index (κ2) is 7.34. The molecule has 0 bridgehead atoms. The first-order chi connectivity index (χ1) is 9.02. The van der Waals surface area contributed by atoms with Crippen molar-refractivity contribution in [1.29, 1.82) is 0 Å². The minimum absolute atomic E-state index is 0.0322. The van der Waals surface area contributed by atoms with Crippen LogP contribution in [0, 0.1) is 5.92 Å². The van der Waals surface area contributed by atoms with E-state index in [0.29, 0.717) is 12.4 Å². The van der Waals surface area contributed by atoms with Gasteiger partial charge < -0.3 is 20.3 Å². The molecule has 2 amide bonds. The van der Waals surface area contributed by atoms with E-state index >= 15 is 0 Å². The van der Waals surface area contributed by atoms with Crippen molar-refractivity contribution in [3.8, 4) is 0 Å². The fraction of sp³-hybridized carbons (Fsp3) is 0.636. The van der Waals surface area contributed by atoms with Crippen molar-refractivity contribution in [3.05, 3.63) is 12.2 Å². The fourth-order valence-electron chi connectivity index (χ4n) is 1.54. The van der Waals surface area contributed by atoms with E-state index in [9.17, 15) is 9.59 Å². The van der Waals surface area contributed by atoms with Gasteiger partial charge in [0.05, 0.1) is 6.54 Å². The van der Waals surface area contributed by atoms with Crippen LogP contribution in [0.3, 0.4) is 0 Å². The van der Waals surface area contributed by atoms with Gasteiger partial charge >= 0.3 is 12.0 Å². The maximum atomic E-state index is 11.5. The predicted octanol–water partition coefficient (Wildman–Crippen LogP) is 0.208. The molecule has 1 atom stereocenters. The number of nitrogens with one attached hydrogen (secondary N) is 2. The molecule has 1 aromatic heterocycles. The third-order valence-corrected chi connectivity index (χ3v) is 2.58. The highest BCUT2D eigenvalue weighted by molar-refractivity contribution is 5.73. The Kier molecular flexibility index (Phi) is 5.77.